The van der Waals surface area contributed by atoms with Crippen LogP contribution in [0.3, 0.4) is 0 Å². The minimum absolute atomic E-state index is 0.141. The molecule has 1 atom stereocenters. The zero-order valence-electron chi connectivity index (χ0n) is 15.5. The molecule has 0 saturated carbocycles. The highest BCUT2D eigenvalue weighted by Crippen LogP contribution is 2.18. The predicted octanol–water partition coefficient (Wildman–Crippen LogP) is 2.30. The number of guanidine groups is 1. The minimum Gasteiger partial charge on any atom is -0.496 e. The zero-order valence-corrected chi connectivity index (χ0v) is 15.5. The molecule has 25 heavy (non-hydrogen) atoms. The summed E-state index contributed by atoms with van der Waals surface area (Å²) in [6.07, 6.45) is 2.56. The Balaban J connectivity index is 1.84. The maximum Gasteiger partial charge on any atom is 0.191 e. The molecular formula is C19H28N4O2. The molecule has 0 bridgehead atoms. The first-order valence-corrected chi connectivity index (χ1v) is 8.42. The van der Waals surface area contributed by atoms with Gasteiger partial charge in [-0.3, -0.25) is 9.89 Å². The molecule has 2 aromatic rings. The summed E-state index contributed by atoms with van der Waals surface area (Å²) < 4.78 is 10.9. The van der Waals surface area contributed by atoms with Crippen LogP contribution in [0.1, 0.15) is 17.4 Å². The van der Waals surface area contributed by atoms with E-state index in [0.29, 0.717) is 6.54 Å². The van der Waals surface area contributed by atoms with Crippen LogP contribution >= 0.6 is 0 Å². The van der Waals surface area contributed by atoms with E-state index in [1.54, 1.807) is 20.4 Å². The highest BCUT2D eigenvalue weighted by molar-refractivity contribution is 5.79. The van der Waals surface area contributed by atoms with Gasteiger partial charge in [0, 0.05) is 20.1 Å². The van der Waals surface area contributed by atoms with Gasteiger partial charge in [-0.25, -0.2) is 0 Å². The largest absolute Gasteiger partial charge is 0.496 e. The quantitative estimate of drug-likeness (QED) is 0.568. The van der Waals surface area contributed by atoms with Crippen molar-refractivity contribution >= 4 is 5.96 Å². The van der Waals surface area contributed by atoms with Crippen LogP contribution < -0.4 is 15.4 Å². The van der Waals surface area contributed by atoms with E-state index in [4.69, 9.17) is 9.15 Å². The first kappa shape index (κ1) is 18.9. The van der Waals surface area contributed by atoms with E-state index in [9.17, 15) is 0 Å². The molecule has 0 radical (unpaired) electrons. The molecule has 0 spiro atoms. The Morgan fingerprint density at radius 2 is 2.00 bits per heavy atom. The van der Waals surface area contributed by atoms with Crippen molar-refractivity contribution in [1.29, 1.82) is 0 Å². The van der Waals surface area contributed by atoms with Crippen molar-refractivity contribution in [3.63, 3.8) is 0 Å². The van der Waals surface area contributed by atoms with E-state index in [0.717, 1.165) is 30.4 Å². The summed E-state index contributed by atoms with van der Waals surface area (Å²) in [5.74, 6) is 2.62. The standard InChI is InChI=1S/C19H28N4O2/c1-20-19(21-12-11-15-8-5-6-9-17(15)24-4)22-14-16(23(2)3)18-10-7-13-25-18/h5-10,13,16H,11-12,14H2,1-4H3,(H2,20,21,22). The molecule has 1 heterocycles. The fourth-order valence-corrected chi connectivity index (χ4v) is 2.66. The van der Waals surface area contributed by atoms with Gasteiger partial charge in [0.05, 0.1) is 19.4 Å². The summed E-state index contributed by atoms with van der Waals surface area (Å²) in [5, 5.41) is 6.70. The van der Waals surface area contributed by atoms with E-state index in [1.165, 1.54) is 5.56 Å². The van der Waals surface area contributed by atoms with Gasteiger partial charge in [0.1, 0.15) is 11.5 Å². The molecule has 2 N–H and O–H groups in total. The lowest BCUT2D eigenvalue weighted by molar-refractivity contribution is 0.258. The third-order valence-electron chi connectivity index (χ3n) is 4.06. The van der Waals surface area contributed by atoms with Gasteiger partial charge in [0.2, 0.25) is 0 Å². The van der Waals surface area contributed by atoms with E-state index >= 15 is 0 Å². The smallest absolute Gasteiger partial charge is 0.191 e. The first-order valence-electron chi connectivity index (χ1n) is 8.42. The number of methoxy groups -OCH3 is 1. The average molecular weight is 344 g/mol. The SMILES string of the molecule is CN=C(NCCc1ccccc1OC)NCC(c1ccco1)N(C)C. The summed E-state index contributed by atoms with van der Waals surface area (Å²) in [4.78, 5) is 6.41. The van der Waals surface area contributed by atoms with Gasteiger partial charge in [0.15, 0.2) is 5.96 Å². The lowest BCUT2D eigenvalue weighted by Crippen LogP contribution is -2.42. The van der Waals surface area contributed by atoms with Gasteiger partial charge in [-0.1, -0.05) is 18.2 Å². The molecular weight excluding hydrogens is 316 g/mol. The van der Waals surface area contributed by atoms with Gasteiger partial charge in [-0.2, -0.15) is 0 Å². The van der Waals surface area contributed by atoms with Crippen LogP contribution in [0.2, 0.25) is 0 Å². The van der Waals surface area contributed by atoms with Gasteiger partial charge in [0.25, 0.3) is 0 Å². The number of para-hydroxylation sites is 1. The molecule has 6 heteroatoms. The molecule has 1 aromatic carbocycles. The first-order chi connectivity index (χ1) is 12.2. The van der Waals surface area contributed by atoms with E-state index in [1.807, 2.05) is 44.4 Å². The lowest BCUT2D eigenvalue weighted by atomic mass is 10.1. The normalized spacial score (nSPS) is 12.9. The van der Waals surface area contributed by atoms with Crippen molar-refractivity contribution in [3.8, 4) is 5.75 Å². The van der Waals surface area contributed by atoms with Gasteiger partial charge in [-0.05, 0) is 44.3 Å². The minimum atomic E-state index is 0.141. The van der Waals surface area contributed by atoms with Crippen LogP contribution in [-0.2, 0) is 6.42 Å². The van der Waals surface area contributed by atoms with E-state index in [-0.39, 0.29) is 6.04 Å². The molecule has 1 aromatic heterocycles. The Morgan fingerprint density at radius 3 is 2.64 bits per heavy atom. The van der Waals surface area contributed by atoms with Crippen LogP contribution in [0, 0.1) is 0 Å². The summed E-state index contributed by atoms with van der Waals surface area (Å²) in [7, 11) is 7.54. The van der Waals surface area contributed by atoms with Crippen molar-refractivity contribution in [3.05, 3.63) is 54.0 Å². The highest BCUT2D eigenvalue weighted by atomic mass is 16.5. The second-order valence-electron chi connectivity index (χ2n) is 5.94. The fraction of sp³-hybridized carbons (Fsp3) is 0.421. The Bertz CT molecular complexity index is 653. The number of ether oxygens (including phenoxy) is 1. The van der Waals surface area contributed by atoms with Crippen LogP contribution in [0.4, 0.5) is 0 Å². The molecule has 2 rings (SSSR count). The Hall–Kier alpha value is -2.47. The van der Waals surface area contributed by atoms with E-state index < -0.39 is 0 Å². The number of aliphatic imine (C=N–C) groups is 1. The third kappa shape index (κ3) is 5.53. The van der Waals surface area contributed by atoms with Crippen LogP contribution in [0.15, 0.2) is 52.1 Å². The number of hydrogen-bond acceptors (Lipinski definition) is 4. The number of hydrogen-bond donors (Lipinski definition) is 2. The van der Waals surface area contributed by atoms with Crippen molar-refractivity contribution in [2.45, 2.75) is 12.5 Å². The van der Waals surface area contributed by atoms with Crippen molar-refractivity contribution in [2.75, 3.05) is 41.3 Å². The lowest BCUT2D eigenvalue weighted by Gasteiger charge is -2.23. The topological polar surface area (TPSA) is 62.0 Å². The number of nitrogens with one attached hydrogen (secondary N) is 2. The van der Waals surface area contributed by atoms with Crippen LogP contribution in [0.25, 0.3) is 0 Å². The van der Waals surface area contributed by atoms with Crippen LogP contribution in [-0.4, -0.2) is 52.2 Å². The molecule has 0 aliphatic carbocycles. The predicted molar refractivity (Wildman–Crippen MR) is 101 cm³/mol. The molecule has 0 amide bonds. The average Bonchev–Trinajstić information content (AvgIpc) is 3.14. The van der Waals surface area contributed by atoms with Crippen molar-refractivity contribution in [1.82, 2.24) is 15.5 Å². The summed E-state index contributed by atoms with van der Waals surface area (Å²) in [6.45, 7) is 1.47. The number of benzene rings is 1. The Morgan fingerprint density at radius 1 is 1.20 bits per heavy atom. The summed E-state index contributed by atoms with van der Waals surface area (Å²) in [5.41, 5.74) is 1.18. The monoisotopic (exact) mass is 344 g/mol. The van der Waals surface area contributed by atoms with Crippen molar-refractivity contribution in [2.24, 2.45) is 4.99 Å². The Labute approximate surface area is 149 Å². The fourth-order valence-electron chi connectivity index (χ4n) is 2.66. The van der Waals surface area contributed by atoms with Crippen LogP contribution in [0.5, 0.6) is 5.75 Å². The third-order valence-corrected chi connectivity index (χ3v) is 4.06. The maximum atomic E-state index is 5.53. The molecule has 0 aliphatic heterocycles. The number of likely N-dealkylation sites (N-methyl/N-ethyl adjacent to an activating group) is 1. The van der Waals surface area contributed by atoms with Gasteiger partial charge in [-0.15, -0.1) is 0 Å². The molecule has 0 saturated heterocycles. The van der Waals surface area contributed by atoms with Crippen molar-refractivity contribution < 1.29 is 9.15 Å². The second-order valence-corrected chi connectivity index (χ2v) is 5.94. The molecule has 0 aliphatic rings. The number of nitrogens with zero attached hydrogens (tertiary/aromatic N) is 2. The Kier molecular flexibility index (Phi) is 7.35. The molecule has 0 fully saturated rings. The summed E-state index contributed by atoms with van der Waals surface area (Å²) >= 11 is 0. The summed E-state index contributed by atoms with van der Waals surface area (Å²) in [6, 6.07) is 12.1. The highest BCUT2D eigenvalue weighted by Gasteiger charge is 2.17. The van der Waals surface area contributed by atoms with E-state index in [2.05, 4.69) is 26.6 Å². The second kappa shape index (κ2) is 9.74. The molecule has 136 valence electrons. The molecule has 1 unspecified atom stereocenters. The number of furan rings is 1. The maximum absolute atomic E-state index is 5.53. The molecule has 6 nitrogen and oxygen atoms in total. The van der Waals surface area contributed by atoms with Gasteiger partial charge >= 0.3 is 0 Å². The van der Waals surface area contributed by atoms with Gasteiger partial charge < -0.3 is 19.8 Å². The number of rotatable bonds is 8. The zero-order chi connectivity index (χ0) is 18.1.